The number of nitrogens with one attached hydrogen (secondary N) is 2. The van der Waals surface area contributed by atoms with E-state index in [0.717, 1.165) is 34.4 Å². The summed E-state index contributed by atoms with van der Waals surface area (Å²) in [4.78, 5) is 21.3. The second kappa shape index (κ2) is 14.4. The molecule has 0 atom stereocenters. The molecule has 2 heterocycles. The summed E-state index contributed by atoms with van der Waals surface area (Å²) >= 11 is 1.38. The monoisotopic (exact) mass is 594 g/mol. The van der Waals surface area contributed by atoms with E-state index in [0.29, 0.717) is 29.5 Å². The Balaban J connectivity index is 1.30. The van der Waals surface area contributed by atoms with Gasteiger partial charge in [0.25, 0.3) is 0 Å². The lowest BCUT2D eigenvalue weighted by Gasteiger charge is -2.10. The van der Waals surface area contributed by atoms with Crippen molar-refractivity contribution in [2.45, 2.75) is 26.1 Å². The van der Waals surface area contributed by atoms with Gasteiger partial charge in [-0.1, -0.05) is 74.2 Å². The Kier molecular flexibility index (Phi) is 10.4. The Bertz CT molecular complexity index is 1560. The molecule has 0 aliphatic rings. The third kappa shape index (κ3) is 8.48. The number of amides is 2. The Morgan fingerprint density at radius 2 is 1.93 bits per heavy atom. The molecule has 0 spiro atoms. The second-order valence-electron chi connectivity index (χ2n) is 8.87. The lowest BCUT2D eigenvalue weighted by atomic mass is 10.0. The first-order valence-electron chi connectivity index (χ1n) is 13.0. The first-order chi connectivity index (χ1) is 20.3. The van der Waals surface area contributed by atoms with E-state index < -0.39 is 13.0 Å². The molecular formula is C30H29F3N6O2S. The van der Waals surface area contributed by atoms with Crippen LogP contribution in [0.3, 0.4) is 0 Å². The number of hydrogen-bond donors (Lipinski definition) is 2. The predicted octanol–water partition coefficient (Wildman–Crippen LogP) is 7.11. The molecule has 0 fully saturated rings. The van der Waals surface area contributed by atoms with E-state index in [9.17, 15) is 18.0 Å². The zero-order valence-electron chi connectivity index (χ0n) is 22.8. The topological polar surface area (TPSA) is 94.0 Å². The summed E-state index contributed by atoms with van der Waals surface area (Å²) in [5.41, 5.74) is 6.89. The van der Waals surface area contributed by atoms with Crippen LogP contribution >= 0.6 is 11.3 Å². The van der Waals surface area contributed by atoms with Gasteiger partial charge in [0.1, 0.15) is 17.0 Å². The number of allylic oxidation sites excluding steroid dienone is 4. The molecule has 0 saturated heterocycles. The van der Waals surface area contributed by atoms with Crippen LogP contribution in [0.2, 0.25) is 0 Å². The zero-order valence-corrected chi connectivity index (χ0v) is 23.6. The number of alkyl halides is 3. The number of rotatable bonds is 12. The van der Waals surface area contributed by atoms with Gasteiger partial charge in [-0.05, 0) is 36.1 Å². The van der Waals surface area contributed by atoms with Gasteiger partial charge in [-0.2, -0.15) is 0 Å². The molecule has 0 unspecified atom stereocenters. The van der Waals surface area contributed by atoms with Gasteiger partial charge in [-0.15, -0.1) is 29.6 Å². The molecule has 2 N–H and O–H groups in total. The molecule has 2 aromatic carbocycles. The number of aromatic nitrogens is 4. The molecule has 0 radical (unpaired) electrons. The number of benzene rings is 2. The summed E-state index contributed by atoms with van der Waals surface area (Å²) in [5.74, 6) is 0.443. The van der Waals surface area contributed by atoms with Crippen molar-refractivity contribution in [1.29, 1.82) is 0 Å². The van der Waals surface area contributed by atoms with E-state index in [1.807, 2.05) is 42.5 Å². The fraction of sp³-hybridized carbons (Fsp3) is 0.200. The fourth-order valence-corrected chi connectivity index (χ4v) is 4.72. The molecular weight excluding hydrogens is 565 g/mol. The number of halogens is 3. The highest BCUT2D eigenvalue weighted by Crippen LogP contribution is 2.32. The summed E-state index contributed by atoms with van der Waals surface area (Å²) in [7, 11) is 0. The van der Waals surface area contributed by atoms with E-state index in [1.54, 1.807) is 11.6 Å². The van der Waals surface area contributed by atoms with E-state index in [4.69, 9.17) is 0 Å². The van der Waals surface area contributed by atoms with Gasteiger partial charge in [-0.3, -0.25) is 10.1 Å². The van der Waals surface area contributed by atoms with Crippen molar-refractivity contribution in [2.75, 3.05) is 18.5 Å². The number of urea groups is 1. The van der Waals surface area contributed by atoms with Crippen LogP contribution in [0.25, 0.3) is 28.3 Å². The minimum atomic E-state index is -4.70. The molecule has 0 aliphatic carbocycles. The number of anilines is 1. The average Bonchev–Trinajstić information content (AvgIpc) is 3.65. The van der Waals surface area contributed by atoms with Crippen molar-refractivity contribution in [2.24, 2.45) is 0 Å². The second-order valence-corrected chi connectivity index (χ2v) is 9.72. The molecule has 4 aromatic rings. The Morgan fingerprint density at radius 3 is 2.67 bits per heavy atom. The van der Waals surface area contributed by atoms with Gasteiger partial charge >= 0.3 is 12.4 Å². The Morgan fingerprint density at radius 1 is 1.14 bits per heavy atom. The largest absolute Gasteiger partial charge is 0.522 e. The molecule has 8 nitrogen and oxygen atoms in total. The molecule has 0 bridgehead atoms. The SMILES string of the molecule is C=C/C=C(\C=C/COC(F)(F)F)n1cnc(-c2ccc(CCNC(=O)Nc3scnc3-c3ccccc3CC)cc2)n1. The number of aryl methyl sites for hydroxylation is 1. The first-order valence-corrected chi connectivity index (χ1v) is 13.9. The smallest absolute Gasteiger partial charge is 0.338 e. The maximum Gasteiger partial charge on any atom is 0.522 e. The third-order valence-electron chi connectivity index (χ3n) is 6.04. The van der Waals surface area contributed by atoms with Crippen molar-refractivity contribution in [3.8, 4) is 22.6 Å². The minimum Gasteiger partial charge on any atom is -0.338 e. The van der Waals surface area contributed by atoms with Gasteiger partial charge in [0.05, 0.1) is 17.8 Å². The summed E-state index contributed by atoms with van der Waals surface area (Å²) in [6.07, 6.45) is 4.00. The maximum absolute atomic E-state index is 12.6. The minimum absolute atomic E-state index is 0.303. The standard InChI is InChI=1S/C30H29F3N6O2S/c1-3-8-24(10-7-18-41-30(31,32)33)39-19-35-27(38-39)23-14-12-21(13-15-23)16-17-34-29(40)37-28-26(36-20-42-28)25-11-6-5-9-22(25)4-2/h3,5-15,19-20H,1,4,16-18H2,2H3,(H2,34,37,40)/b10-7-,24-8+. The van der Waals surface area contributed by atoms with Crippen LogP contribution in [0.15, 0.2) is 91.3 Å². The van der Waals surface area contributed by atoms with Crippen LogP contribution in [0.1, 0.15) is 18.1 Å². The van der Waals surface area contributed by atoms with Crippen LogP contribution in [0.4, 0.5) is 23.0 Å². The van der Waals surface area contributed by atoms with Gasteiger partial charge < -0.3 is 5.32 Å². The number of carbonyl (C=O) groups is 1. The quantitative estimate of drug-likeness (QED) is 0.171. The molecule has 42 heavy (non-hydrogen) atoms. The Hall–Kier alpha value is -4.55. The molecule has 0 aliphatic heterocycles. The van der Waals surface area contributed by atoms with Gasteiger partial charge in [-0.25, -0.2) is 19.4 Å². The highest BCUT2D eigenvalue weighted by Gasteiger charge is 2.28. The van der Waals surface area contributed by atoms with Crippen LogP contribution in [0.5, 0.6) is 0 Å². The first kappa shape index (κ1) is 30.4. The molecule has 0 saturated carbocycles. The van der Waals surface area contributed by atoms with Crippen LogP contribution < -0.4 is 10.6 Å². The summed E-state index contributed by atoms with van der Waals surface area (Å²) in [6.45, 7) is 5.51. The van der Waals surface area contributed by atoms with Crippen LogP contribution in [0, 0.1) is 0 Å². The van der Waals surface area contributed by atoms with Crippen molar-refractivity contribution in [3.05, 3.63) is 102 Å². The summed E-state index contributed by atoms with van der Waals surface area (Å²) in [6, 6.07) is 15.3. The number of ether oxygens (including phenoxy) is 1. The number of nitrogens with zero attached hydrogens (tertiary/aromatic N) is 4. The van der Waals surface area contributed by atoms with E-state index >= 15 is 0 Å². The highest BCUT2D eigenvalue weighted by molar-refractivity contribution is 7.14. The number of hydrogen-bond acceptors (Lipinski definition) is 6. The average molecular weight is 595 g/mol. The molecule has 12 heteroatoms. The van der Waals surface area contributed by atoms with Crippen LogP contribution in [-0.2, 0) is 17.6 Å². The normalized spacial score (nSPS) is 12.0. The van der Waals surface area contributed by atoms with Crippen molar-refractivity contribution < 1.29 is 22.7 Å². The maximum atomic E-state index is 12.6. The summed E-state index contributed by atoms with van der Waals surface area (Å²) < 4.78 is 41.8. The number of thiazole rings is 1. The highest BCUT2D eigenvalue weighted by atomic mass is 32.1. The van der Waals surface area contributed by atoms with Gasteiger partial charge in [0, 0.05) is 17.7 Å². The molecule has 218 valence electrons. The third-order valence-corrected chi connectivity index (χ3v) is 6.78. The Labute approximate surface area is 245 Å². The zero-order chi connectivity index (χ0) is 30.0. The molecule has 2 amide bonds. The fourth-order valence-electron chi connectivity index (χ4n) is 4.03. The van der Waals surface area contributed by atoms with Gasteiger partial charge in [0.2, 0.25) is 0 Å². The van der Waals surface area contributed by atoms with Crippen molar-refractivity contribution >= 4 is 28.1 Å². The summed E-state index contributed by atoms with van der Waals surface area (Å²) in [5, 5.41) is 10.9. The predicted molar refractivity (Wildman–Crippen MR) is 159 cm³/mol. The van der Waals surface area contributed by atoms with Gasteiger partial charge in [0.15, 0.2) is 5.82 Å². The lowest BCUT2D eigenvalue weighted by molar-refractivity contribution is -0.319. The van der Waals surface area contributed by atoms with E-state index in [-0.39, 0.29) is 6.03 Å². The lowest BCUT2D eigenvalue weighted by Crippen LogP contribution is -2.30. The molecule has 4 rings (SSSR count). The van der Waals surface area contributed by atoms with Crippen molar-refractivity contribution in [1.82, 2.24) is 25.1 Å². The molecule has 2 aromatic heterocycles. The van der Waals surface area contributed by atoms with E-state index in [2.05, 4.69) is 50.0 Å². The van der Waals surface area contributed by atoms with E-state index in [1.165, 1.54) is 40.6 Å². The number of carbonyl (C=O) groups excluding carboxylic acids is 1. The van der Waals surface area contributed by atoms with Crippen LogP contribution in [-0.4, -0.2) is 45.3 Å². The van der Waals surface area contributed by atoms with Crippen molar-refractivity contribution in [3.63, 3.8) is 0 Å².